The first kappa shape index (κ1) is 18.6. The molecular weight excluding hydrogens is 313 g/mol. The van der Waals surface area contributed by atoms with Crippen LogP contribution in [0.3, 0.4) is 0 Å². The third-order valence-electron chi connectivity index (χ3n) is 3.48. The number of nitrogens with zero attached hydrogens (tertiary/aromatic N) is 1. The van der Waals surface area contributed by atoms with Crippen LogP contribution < -0.4 is 0 Å². The Morgan fingerprint density at radius 2 is 1.68 bits per heavy atom. The van der Waals surface area contributed by atoms with Crippen LogP contribution in [0.4, 0.5) is 0 Å². The summed E-state index contributed by atoms with van der Waals surface area (Å²) in [4.78, 5) is 0. The minimum Gasteiger partial charge on any atom is -0.197 e. The fraction of sp³-hybridized carbons (Fsp3) is 0.316. The van der Waals surface area contributed by atoms with Gasteiger partial charge in [0.25, 0.3) is 0 Å². The molecule has 0 amide bonds. The second kappa shape index (κ2) is 8.83. The second-order valence-electron chi connectivity index (χ2n) is 4.77. The molecule has 0 aliphatic rings. The van der Waals surface area contributed by atoms with E-state index in [1.54, 1.807) is 12.1 Å². The molecule has 0 aliphatic heterocycles. The topological polar surface area (TPSA) is 23.8 Å². The maximum absolute atomic E-state index is 9.50. The predicted molar refractivity (Wildman–Crippen MR) is 95.8 cm³/mol. The summed E-state index contributed by atoms with van der Waals surface area (Å²) in [5.74, 6) is -0.371. The molecule has 1 unspecified atom stereocenters. The molecule has 0 radical (unpaired) electrons. The maximum Gasteiger partial charge on any atom is 0.0977 e. The van der Waals surface area contributed by atoms with Gasteiger partial charge in [-0.3, -0.25) is 0 Å². The number of nitriles is 1. The Labute approximate surface area is 143 Å². The van der Waals surface area contributed by atoms with Gasteiger partial charge in [0.1, 0.15) is 0 Å². The molecule has 0 aromatic heterocycles. The highest BCUT2D eigenvalue weighted by Gasteiger charge is 2.17. The summed E-state index contributed by atoms with van der Waals surface area (Å²) < 4.78 is 0. The van der Waals surface area contributed by atoms with E-state index in [1.165, 1.54) is 11.1 Å². The summed E-state index contributed by atoms with van der Waals surface area (Å²) >= 11 is 12.3. The number of hydrogen-bond donors (Lipinski definition) is 0. The molecule has 0 fully saturated rings. The van der Waals surface area contributed by atoms with E-state index in [0.29, 0.717) is 10.0 Å². The van der Waals surface area contributed by atoms with Crippen LogP contribution in [-0.2, 0) is 6.42 Å². The van der Waals surface area contributed by atoms with E-state index in [2.05, 4.69) is 19.9 Å². The number of hydrogen-bond acceptors (Lipinski definition) is 1. The van der Waals surface area contributed by atoms with Crippen LogP contribution in [-0.4, -0.2) is 0 Å². The summed E-state index contributed by atoms with van der Waals surface area (Å²) in [7, 11) is 0. The lowest BCUT2D eigenvalue weighted by Crippen LogP contribution is -2.01. The van der Waals surface area contributed by atoms with Gasteiger partial charge in [0.15, 0.2) is 0 Å². The van der Waals surface area contributed by atoms with Gasteiger partial charge in [-0.1, -0.05) is 62.2 Å². The van der Waals surface area contributed by atoms with Crippen LogP contribution in [0.15, 0.2) is 36.4 Å². The largest absolute Gasteiger partial charge is 0.197 e. The Hall–Kier alpha value is -1.49. The minimum atomic E-state index is -0.371. The third kappa shape index (κ3) is 4.26. The fourth-order valence-corrected chi connectivity index (χ4v) is 2.75. The van der Waals surface area contributed by atoms with Gasteiger partial charge in [0.2, 0.25) is 0 Å². The van der Waals surface area contributed by atoms with Crippen LogP contribution in [0.2, 0.25) is 10.0 Å². The molecule has 3 heteroatoms. The van der Waals surface area contributed by atoms with Crippen molar-refractivity contribution in [3.8, 4) is 6.07 Å². The molecule has 0 spiro atoms. The first-order valence-corrected chi connectivity index (χ1v) is 8.26. The second-order valence-corrected chi connectivity index (χ2v) is 5.61. The van der Waals surface area contributed by atoms with Crippen LogP contribution in [0.25, 0.3) is 0 Å². The lowest BCUT2D eigenvalue weighted by molar-refractivity contribution is 1.02. The number of halogens is 2. The van der Waals surface area contributed by atoms with E-state index in [4.69, 9.17) is 23.2 Å². The highest BCUT2D eigenvalue weighted by Crippen LogP contribution is 2.32. The van der Waals surface area contributed by atoms with E-state index >= 15 is 0 Å². The smallest absolute Gasteiger partial charge is 0.0977 e. The third-order valence-corrected chi connectivity index (χ3v) is 4.06. The Kier molecular flexibility index (Phi) is 7.45. The van der Waals surface area contributed by atoms with Crippen LogP contribution in [0.1, 0.15) is 48.9 Å². The van der Waals surface area contributed by atoms with Gasteiger partial charge >= 0.3 is 0 Å². The van der Waals surface area contributed by atoms with Crippen molar-refractivity contribution in [1.82, 2.24) is 0 Å². The van der Waals surface area contributed by atoms with Gasteiger partial charge < -0.3 is 0 Å². The normalized spacial score (nSPS) is 11.1. The Morgan fingerprint density at radius 3 is 2.18 bits per heavy atom. The van der Waals surface area contributed by atoms with Crippen LogP contribution in [0, 0.1) is 18.3 Å². The molecule has 0 saturated heterocycles. The predicted octanol–water partition coefficient (Wildman–Crippen LogP) is 6.55. The highest BCUT2D eigenvalue weighted by molar-refractivity contribution is 6.31. The van der Waals surface area contributed by atoms with Crippen LogP contribution >= 0.6 is 23.2 Å². The molecule has 22 heavy (non-hydrogen) atoms. The molecule has 116 valence electrons. The maximum atomic E-state index is 9.50. The highest BCUT2D eigenvalue weighted by atomic mass is 35.5. The first-order valence-electron chi connectivity index (χ1n) is 7.50. The summed E-state index contributed by atoms with van der Waals surface area (Å²) in [5, 5.41) is 10.8. The zero-order chi connectivity index (χ0) is 16.7. The van der Waals surface area contributed by atoms with Gasteiger partial charge in [-0.15, -0.1) is 0 Å². The van der Waals surface area contributed by atoms with Gasteiger partial charge in [-0.2, -0.15) is 5.26 Å². The van der Waals surface area contributed by atoms with E-state index in [9.17, 15) is 5.26 Å². The van der Waals surface area contributed by atoms with E-state index in [1.807, 2.05) is 38.1 Å². The number of aryl methyl sites for hydroxylation is 2. The van der Waals surface area contributed by atoms with E-state index in [0.717, 1.165) is 17.5 Å². The van der Waals surface area contributed by atoms with Crippen molar-refractivity contribution in [3.05, 3.63) is 68.7 Å². The average Bonchev–Trinajstić information content (AvgIpc) is 2.54. The number of benzene rings is 2. The Balaban J connectivity index is 0.00000116. The lowest BCUT2D eigenvalue weighted by atomic mass is 9.90. The fourth-order valence-electron chi connectivity index (χ4n) is 2.33. The van der Waals surface area contributed by atoms with Crippen LogP contribution in [0.5, 0.6) is 0 Å². The van der Waals surface area contributed by atoms with Crippen molar-refractivity contribution >= 4 is 23.2 Å². The number of rotatable bonds is 3. The molecule has 0 N–H and O–H groups in total. The minimum absolute atomic E-state index is 0.371. The van der Waals surface area contributed by atoms with Crippen molar-refractivity contribution in [2.45, 2.75) is 40.0 Å². The average molecular weight is 334 g/mol. The summed E-state index contributed by atoms with van der Waals surface area (Å²) in [5.41, 5.74) is 4.14. The molecule has 2 aromatic rings. The van der Waals surface area contributed by atoms with E-state index < -0.39 is 0 Å². The molecule has 0 bridgehead atoms. The van der Waals surface area contributed by atoms with Crippen molar-refractivity contribution in [1.29, 1.82) is 5.26 Å². The van der Waals surface area contributed by atoms with Crippen molar-refractivity contribution in [2.75, 3.05) is 0 Å². The monoisotopic (exact) mass is 333 g/mol. The molecule has 0 saturated carbocycles. The van der Waals surface area contributed by atoms with Gasteiger partial charge in [-0.05, 0) is 53.8 Å². The quantitative estimate of drug-likeness (QED) is 0.624. The standard InChI is InChI=1S/C17H15Cl2N.C2H6/c1-3-12-9-17(19)15(8-11(12)2)16(10-20)13-4-6-14(18)7-5-13;1-2/h4-9,16H,3H2,1-2H3;1-2H3. The molecule has 2 rings (SSSR count). The molecule has 1 nitrogen and oxygen atoms in total. The Bertz CT molecular complexity index is 654. The summed E-state index contributed by atoms with van der Waals surface area (Å²) in [6, 6.07) is 13.6. The van der Waals surface area contributed by atoms with E-state index in [-0.39, 0.29) is 5.92 Å². The summed E-state index contributed by atoms with van der Waals surface area (Å²) in [6.07, 6.45) is 0.935. The zero-order valence-corrected chi connectivity index (χ0v) is 15.0. The molecule has 0 aliphatic carbocycles. The van der Waals surface area contributed by atoms with Gasteiger partial charge in [0, 0.05) is 10.0 Å². The summed E-state index contributed by atoms with van der Waals surface area (Å²) in [6.45, 7) is 8.15. The zero-order valence-electron chi connectivity index (χ0n) is 13.5. The molecule has 1 atom stereocenters. The van der Waals surface area contributed by atoms with Gasteiger partial charge in [-0.25, -0.2) is 0 Å². The molecule has 0 heterocycles. The van der Waals surface area contributed by atoms with Crippen molar-refractivity contribution < 1.29 is 0 Å². The van der Waals surface area contributed by atoms with Crippen molar-refractivity contribution in [2.24, 2.45) is 0 Å². The Morgan fingerprint density at radius 1 is 1.09 bits per heavy atom. The first-order chi connectivity index (χ1) is 10.6. The lowest BCUT2D eigenvalue weighted by Gasteiger charge is -2.15. The SMILES string of the molecule is CC.CCc1cc(Cl)c(C(C#N)c2ccc(Cl)cc2)cc1C. The molecule has 2 aromatic carbocycles. The van der Waals surface area contributed by atoms with Gasteiger partial charge in [0.05, 0.1) is 12.0 Å². The molecular formula is C19H21Cl2N. The van der Waals surface area contributed by atoms with Crippen molar-refractivity contribution in [3.63, 3.8) is 0 Å².